The number of pyridine rings is 1. The first kappa shape index (κ1) is 84.3. The topological polar surface area (TPSA) is 219 Å². The van der Waals surface area contributed by atoms with Gasteiger partial charge < -0.3 is 13.3 Å². The molecular weight excluding hydrogens is 1820 g/mol. The molecule has 0 atom stereocenters. The molecule has 31 rings (SSSR count). The van der Waals surface area contributed by atoms with Crippen LogP contribution in [0.25, 0.3) is 285 Å². The highest BCUT2D eigenvalue weighted by atomic mass is 16.3. The predicted octanol–water partition coefficient (Wildman–Crippen LogP) is 31.2. The Kier molecular flexibility index (Phi) is 19.7. The number of hydrogen-bond donors (Lipinski definition) is 0. The fourth-order valence-corrected chi connectivity index (χ4v) is 21.3. The predicted molar refractivity (Wildman–Crippen MR) is 592 cm³/mol. The SMILES string of the molecule is c1ccc(-c2nc(-c3ccccc3)nc(-n3c4ccccc4c4ccc5c(oc6ccc7c(nc(-c8ccccc8)n7-c7ccccc7)c65)c43)n2)cc1.c1ccc(-c2nc(-c3ccccc3)nc(-n3c4ccccc4c4ccc5c(oc6ccc7nc(-c8ccccc8)n(-c8ccccc8)c7c65)c43)n2)cc1.c1ccc(-c2nc(-c3ccccc3)nc(-n3c4ccccc4c4ccc5c(oc6ccc7ncccc7c65)c43)n2)cc1. The maximum Gasteiger partial charge on any atom is 0.238 e. The van der Waals surface area contributed by atoms with Crippen molar-refractivity contribution in [1.82, 2.24) is 82.6 Å². The number of imidazole rings is 2. The molecular formula is C128H77N17O3. The second-order valence-corrected chi connectivity index (χ2v) is 36.5. The van der Waals surface area contributed by atoms with Crippen LogP contribution in [-0.2, 0) is 0 Å². The maximum atomic E-state index is 6.97. The molecule has 0 unspecified atom stereocenters. The Morgan fingerprint density at radius 2 is 0.459 bits per heavy atom. The van der Waals surface area contributed by atoms with Gasteiger partial charge in [0.25, 0.3) is 0 Å². The Labute approximate surface area is 842 Å². The van der Waals surface area contributed by atoms with Gasteiger partial charge in [0, 0.05) is 121 Å². The summed E-state index contributed by atoms with van der Waals surface area (Å²) in [5.74, 6) is 6.92. The number of para-hydroxylation sites is 5. The lowest BCUT2D eigenvalue weighted by Gasteiger charge is -2.11. The largest absolute Gasteiger partial charge is 0.454 e. The lowest BCUT2D eigenvalue weighted by atomic mass is 10.1. The second kappa shape index (κ2) is 34.7. The summed E-state index contributed by atoms with van der Waals surface area (Å²) in [6.45, 7) is 0. The Balaban J connectivity index is 0.000000105. The minimum atomic E-state index is 0.515. The van der Waals surface area contributed by atoms with Gasteiger partial charge in [-0.05, 0) is 103 Å². The average Bonchev–Trinajstić information content (AvgIpc) is 1.55. The first-order valence-electron chi connectivity index (χ1n) is 49.0. The average molecular weight is 1900 g/mol. The molecule has 12 heterocycles. The maximum absolute atomic E-state index is 6.97. The molecule has 31 aromatic rings. The van der Waals surface area contributed by atoms with Gasteiger partial charge in [-0.1, -0.05) is 358 Å². The zero-order valence-electron chi connectivity index (χ0n) is 78.8. The molecule has 148 heavy (non-hydrogen) atoms. The van der Waals surface area contributed by atoms with Crippen LogP contribution in [0.4, 0.5) is 0 Å². The third kappa shape index (κ3) is 13.9. The second-order valence-electron chi connectivity index (χ2n) is 36.5. The molecule has 0 fully saturated rings. The summed E-state index contributed by atoms with van der Waals surface area (Å²) in [4.78, 5) is 60.8. The molecule has 0 N–H and O–H groups in total. The van der Waals surface area contributed by atoms with Crippen LogP contribution in [0.3, 0.4) is 0 Å². The van der Waals surface area contributed by atoms with Gasteiger partial charge >= 0.3 is 0 Å². The summed E-state index contributed by atoms with van der Waals surface area (Å²) >= 11 is 0. The smallest absolute Gasteiger partial charge is 0.238 e. The summed E-state index contributed by atoms with van der Waals surface area (Å²) in [6.07, 6.45) is 1.82. The van der Waals surface area contributed by atoms with E-state index in [1.54, 1.807) is 0 Å². The first-order chi connectivity index (χ1) is 73.4. The molecule has 692 valence electrons. The lowest BCUT2D eigenvalue weighted by molar-refractivity contribution is 0.670. The van der Waals surface area contributed by atoms with Gasteiger partial charge in [-0.3, -0.25) is 27.8 Å². The minimum Gasteiger partial charge on any atom is -0.454 e. The summed E-state index contributed by atoms with van der Waals surface area (Å²) in [5, 5.41) is 13.5. The number of hydrogen-bond acceptors (Lipinski definition) is 15. The van der Waals surface area contributed by atoms with Crippen LogP contribution in [0.2, 0.25) is 0 Å². The van der Waals surface area contributed by atoms with Crippen LogP contribution in [0.1, 0.15) is 0 Å². The van der Waals surface area contributed by atoms with Crippen molar-refractivity contribution in [2.75, 3.05) is 0 Å². The fourth-order valence-electron chi connectivity index (χ4n) is 21.3. The summed E-state index contributed by atoms with van der Waals surface area (Å²) in [6, 6.07) is 156. The number of rotatable bonds is 13. The highest BCUT2D eigenvalue weighted by Gasteiger charge is 2.31. The van der Waals surface area contributed by atoms with Gasteiger partial charge in [-0.15, -0.1) is 0 Å². The molecule has 19 aromatic carbocycles. The minimum absolute atomic E-state index is 0.515. The molecule has 0 spiro atoms. The third-order valence-corrected chi connectivity index (χ3v) is 27.9. The van der Waals surface area contributed by atoms with E-state index in [1.165, 1.54) is 0 Å². The van der Waals surface area contributed by atoms with Crippen molar-refractivity contribution in [3.63, 3.8) is 0 Å². The zero-order chi connectivity index (χ0) is 97.4. The van der Waals surface area contributed by atoms with Crippen LogP contribution < -0.4 is 0 Å². The van der Waals surface area contributed by atoms with E-state index in [0.29, 0.717) is 52.8 Å². The third-order valence-electron chi connectivity index (χ3n) is 27.9. The van der Waals surface area contributed by atoms with Gasteiger partial charge in [0.1, 0.15) is 50.5 Å². The van der Waals surface area contributed by atoms with Crippen molar-refractivity contribution in [2.45, 2.75) is 0 Å². The van der Waals surface area contributed by atoms with E-state index in [0.717, 1.165) is 232 Å². The van der Waals surface area contributed by atoms with Crippen LogP contribution in [0.15, 0.2) is 480 Å². The van der Waals surface area contributed by atoms with E-state index in [9.17, 15) is 0 Å². The molecule has 20 heteroatoms. The van der Waals surface area contributed by atoms with E-state index in [-0.39, 0.29) is 0 Å². The van der Waals surface area contributed by atoms with E-state index >= 15 is 0 Å². The highest BCUT2D eigenvalue weighted by molar-refractivity contribution is 6.29. The first-order valence-corrected chi connectivity index (χ1v) is 49.0. The molecule has 0 radical (unpaired) electrons. The molecule has 0 aliphatic heterocycles. The Bertz CT molecular complexity index is 10500. The molecule has 0 bridgehead atoms. The van der Waals surface area contributed by atoms with Crippen LogP contribution in [0, 0.1) is 0 Å². The molecule has 0 amide bonds. The van der Waals surface area contributed by atoms with Crippen molar-refractivity contribution in [1.29, 1.82) is 0 Å². The molecule has 0 saturated carbocycles. The molecule has 0 saturated heterocycles. The number of benzene rings is 19. The number of furan rings is 3. The van der Waals surface area contributed by atoms with Gasteiger partial charge in [0.15, 0.2) is 51.7 Å². The lowest BCUT2D eigenvalue weighted by Crippen LogP contribution is -2.06. The normalized spacial score (nSPS) is 11.8. The summed E-state index contributed by atoms with van der Waals surface area (Å²) in [5.41, 5.74) is 24.6. The Hall–Kier alpha value is -20.6. The van der Waals surface area contributed by atoms with Crippen molar-refractivity contribution in [3.05, 3.63) is 467 Å². The molecule has 0 aliphatic carbocycles. The standard InChI is InChI=1S/2C46H28N6O.C36H21N5O/c1-5-15-29(16-6-1)43-48-44(30-17-7-2-8-18-30)50-46(49-43)52-37-24-14-13-23-33(37)34-25-26-35-39-38(53-42(35)40(34)52)28-27-36-41(39)51(32-21-11-4-12-22-32)45(47-36)31-19-9-3-10-20-31;1-5-15-29(16-6-1)43-48-44(30-17-7-2-8-18-30)50-46(49-43)52-36-24-14-13-23-33(36)34-25-26-35-39-38(53-42(35)41(34)52)28-27-37-40(39)47-45(31-19-9-3-10-20-31)51(37)32-21-11-4-12-22-32;1-3-10-22(11-4-1)34-38-35(23-12-5-2-6-13-23)40-36(39-34)41-29-16-8-7-14-24(29)25-17-18-27-31-26-15-9-21-37-28(26)19-20-30(31)42-33(27)32(25)41/h2*1-28H;1-21H. The van der Waals surface area contributed by atoms with E-state index in [4.69, 9.17) is 68.1 Å². The number of nitrogens with zero attached hydrogens (tertiary/aromatic N) is 17. The summed E-state index contributed by atoms with van der Waals surface area (Å²) < 4.78 is 31.4. The number of fused-ring (bicyclic) bond motifs is 27. The highest BCUT2D eigenvalue weighted by Crippen LogP contribution is 2.49. The quantitative estimate of drug-likeness (QED) is 0.105. The van der Waals surface area contributed by atoms with Crippen molar-refractivity contribution in [3.8, 4) is 120 Å². The van der Waals surface area contributed by atoms with E-state index in [2.05, 4.69) is 252 Å². The van der Waals surface area contributed by atoms with E-state index < -0.39 is 0 Å². The van der Waals surface area contributed by atoms with Crippen molar-refractivity contribution in [2.24, 2.45) is 0 Å². The fraction of sp³-hybridized carbons (Fsp3) is 0. The number of aromatic nitrogens is 17. The Morgan fingerprint density at radius 1 is 0.169 bits per heavy atom. The van der Waals surface area contributed by atoms with Crippen molar-refractivity contribution < 1.29 is 13.3 Å². The van der Waals surface area contributed by atoms with Crippen molar-refractivity contribution >= 4 is 164 Å². The van der Waals surface area contributed by atoms with E-state index in [1.807, 2.05) is 243 Å². The molecule has 12 aromatic heterocycles. The van der Waals surface area contributed by atoms with Crippen LogP contribution in [0.5, 0.6) is 0 Å². The zero-order valence-corrected chi connectivity index (χ0v) is 78.8. The summed E-state index contributed by atoms with van der Waals surface area (Å²) in [7, 11) is 0. The Morgan fingerprint density at radius 3 is 0.845 bits per heavy atom. The van der Waals surface area contributed by atoms with Gasteiger partial charge in [0.2, 0.25) is 17.8 Å². The molecule has 20 nitrogen and oxygen atoms in total. The van der Waals surface area contributed by atoms with Gasteiger partial charge in [-0.2, -0.15) is 29.9 Å². The van der Waals surface area contributed by atoms with Crippen LogP contribution >= 0.6 is 0 Å². The molecule has 0 aliphatic rings. The van der Waals surface area contributed by atoms with Crippen LogP contribution in [-0.4, -0.2) is 82.6 Å². The monoisotopic (exact) mass is 1900 g/mol. The van der Waals surface area contributed by atoms with Gasteiger partial charge in [0.05, 0.1) is 49.4 Å². The van der Waals surface area contributed by atoms with Gasteiger partial charge in [-0.25, -0.2) is 24.9 Å².